The van der Waals surface area contributed by atoms with E-state index >= 15 is 0 Å². The van der Waals surface area contributed by atoms with Crippen LogP contribution in [0.4, 0.5) is 4.79 Å². The van der Waals surface area contributed by atoms with Gasteiger partial charge in [0.15, 0.2) is 0 Å². The average Bonchev–Trinajstić information content (AvgIpc) is 3.00. The second kappa shape index (κ2) is 12.3. The topological polar surface area (TPSA) is 61.9 Å². The van der Waals surface area contributed by atoms with Crippen LogP contribution in [0.25, 0.3) is 0 Å². The van der Waals surface area contributed by atoms with Crippen LogP contribution in [0.3, 0.4) is 0 Å². The number of hydrogen-bond acceptors (Lipinski definition) is 4. The maximum atomic E-state index is 14.7. The summed E-state index contributed by atoms with van der Waals surface area (Å²) in [4.78, 5) is 31.5. The van der Waals surface area contributed by atoms with Gasteiger partial charge in [-0.2, -0.15) is 0 Å². The third-order valence-corrected chi connectivity index (χ3v) is 8.02. The summed E-state index contributed by atoms with van der Waals surface area (Å²) in [7, 11) is 0. The zero-order chi connectivity index (χ0) is 26.2. The van der Waals surface area contributed by atoms with Crippen molar-refractivity contribution in [2.45, 2.75) is 50.3 Å². The standard InChI is InChI=1S/C32H37N3O3/c36-30(35(29-16-20-33-21-17-29)24-26-10-4-1-5-11-26)32(28-14-8-3-9-15-28)18-22-34(23-19-32)31(37)38-25-27-12-6-2-7-13-27/h1-15,29,33H,16-25H2. The lowest BCUT2D eigenvalue weighted by atomic mass is 9.71. The Hall–Kier alpha value is -3.64. The van der Waals surface area contributed by atoms with E-state index in [1.165, 1.54) is 0 Å². The zero-order valence-corrected chi connectivity index (χ0v) is 21.9. The number of carbonyl (C=O) groups excluding carboxylic acids is 2. The highest BCUT2D eigenvalue weighted by Crippen LogP contribution is 2.39. The van der Waals surface area contributed by atoms with Gasteiger partial charge in [-0.1, -0.05) is 91.0 Å². The molecule has 5 rings (SSSR count). The highest BCUT2D eigenvalue weighted by Gasteiger charge is 2.47. The Balaban J connectivity index is 1.36. The van der Waals surface area contributed by atoms with Crippen molar-refractivity contribution >= 4 is 12.0 Å². The molecule has 198 valence electrons. The largest absolute Gasteiger partial charge is 0.445 e. The Kier molecular flexibility index (Phi) is 8.39. The van der Waals surface area contributed by atoms with Crippen molar-refractivity contribution in [2.24, 2.45) is 0 Å². The number of rotatable bonds is 7. The second-order valence-corrected chi connectivity index (χ2v) is 10.4. The van der Waals surface area contributed by atoms with E-state index in [2.05, 4.69) is 34.5 Å². The monoisotopic (exact) mass is 511 g/mol. The smallest absolute Gasteiger partial charge is 0.410 e. The molecule has 0 atom stereocenters. The van der Waals surface area contributed by atoms with Crippen molar-refractivity contribution < 1.29 is 14.3 Å². The Labute approximate surface area is 225 Å². The van der Waals surface area contributed by atoms with Crippen LogP contribution >= 0.6 is 0 Å². The van der Waals surface area contributed by atoms with Crippen LogP contribution < -0.4 is 5.32 Å². The number of amides is 2. The van der Waals surface area contributed by atoms with E-state index in [9.17, 15) is 9.59 Å². The lowest BCUT2D eigenvalue weighted by molar-refractivity contribution is -0.143. The van der Waals surface area contributed by atoms with Crippen LogP contribution in [0.1, 0.15) is 42.4 Å². The predicted octanol–water partition coefficient (Wildman–Crippen LogP) is 5.14. The molecule has 0 radical (unpaired) electrons. The van der Waals surface area contributed by atoms with Gasteiger partial charge in [-0.25, -0.2) is 4.79 Å². The first-order valence-corrected chi connectivity index (χ1v) is 13.7. The van der Waals surface area contributed by atoms with E-state index in [1.807, 2.05) is 66.7 Å². The quantitative estimate of drug-likeness (QED) is 0.477. The average molecular weight is 512 g/mol. The lowest BCUT2D eigenvalue weighted by Crippen LogP contribution is -2.57. The highest BCUT2D eigenvalue weighted by atomic mass is 16.6. The van der Waals surface area contributed by atoms with Gasteiger partial charge in [0, 0.05) is 25.7 Å². The minimum atomic E-state index is -0.670. The number of piperidine rings is 2. The predicted molar refractivity (Wildman–Crippen MR) is 148 cm³/mol. The molecule has 38 heavy (non-hydrogen) atoms. The molecule has 2 aliphatic heterocycles. The molecule has 2 saturated heterocycles. The van der Waals surface area contributed by atoms with Crippen LogP contribution in [0.2, 0.25) is 0 Å². The summed E-state index contributed by atoms with van der Waals surface area (Å²) >= 11 is 0. The summed E-state index contributed by atoms with van der Waals surface area (Å²) in [5.74, 6) is 0.178. The number of likely N-dealkylation sites (tertiary alicyclic amines) is 1. The summed E-state index contributed by atoms with van der Waals surface area (Å²) in [6.07, 6.45) is 2.73. The molecular formula is C32H37N3O3. The molecule has 2 fully saturated rings. The number of nitrogens with one attached hydrogen (secondary N) is 1. The number of hydrogen-bond donors (Lipinski definition) is 1. The third kappa shape index (κ3) is 5.91. The minimum absolute atomic E-state index is 0.178. The summed E-state index contributed by atoms with van der Waals surface area (Å²) in [5, 5.41) is 3.44. The van der Waals surface area contributed by atoms with Gasteiger partial charge < -0.3 is 19.9 Å². The molecule has 0 aromatic heterocycles. The fourth-order valence-corrected chi connectivity index (χ4v) is 5.80. The molecule has 2 heterocycles. The van der Waals surface area contributed by atoms with Crippen LogP contribution in [0, 0.1) is 0 Å². The van der Waals surface area contributed by atoms with Gasteiger partial charge in [0.05, 0.1) is 5.41 Å². The Morgan fingerprint density at radius 1 is 0.816 bits per heavy atom. The SMILES string of the molecule is O=C(OCc1ccccc1)N1CCC(C(=O)N(Cc2ccccc2)C2CCNCC2)(c2ccccc2)CC1. The van der Waals surface area contributed by atoms with Crippen LogP contribution in [-0.2, 0) is 28.1 Å². The van der Waals surface area contributed by atoms with Gasteiger partial charge >= 0.3 is 6.09 Å². The molecule has 2 aliphatic rings. The van der Waals surface area contributed by atoms with Gasteiger partial charge in [0.25, 0.3) is 0 Å². The third-order valence-electron chi connectivity index (χ3n) is 8.02. The number of benzene rings is 3. The molecule has 0 spiro atoms. The van der Waals surface area contributed by atoms with Crippen LogP contribution in [-0.4, -0.2) is 54.0 Å². The Bertz CT molecular complexity index is 1170. The van der Waals surface area contributed by atoms with Crippen molar-refractivity contribution in [3.05, 3.63) is 108 Å². The Morgan fingerprint density at radius 2 is 1.37 bits per heavy atom. The molecule has 6 heteroatoms. The number of carbonyl (C=O) groups is 2. The molecule has 1 N–H and O–H groups in total. The fraction of sp³-hybridized carbons (Fsp3) is 0.375. The van der Waals surface area contributed by atoms with E-state index in [-0.39, 0.29) is 24.6 Å². The summed E-state index contributed by atoms with van der Waals surface area (Å²) < 4.78 is 5.61. The summed E-state index contributed by atoms with van der Waals surface area (Å²) in [5.41, 5.74) is 2.47. The van der Waals surface area contributed by atoms with Crippen molar-refractivity contribution in [1.82, 2.24) is 15.1 Å². The van der Waals surface area contributed by atoms with Crippen molar-refractivity contribution in [2.75, 3.05) is 26.2 Å². The normalized spacial score (nSPS) is 17.5. The van der Waals surface area contributed by atoms with Gasteiger partial charge in [-0.05, 0) is 55.5 Å². The van der Waals surface area contributed by atoms with Crippen LogP contribution in [0.5, 0.6) is 0 Å². The van der Waals surface area contributed by atoms with E-state index in [1.54, 1.807) is 4.90 Å². The van der Waals surface area contributed by atoms with Crippen molar-refractivity contribution in [1.29, 1.82) is 0 Å². The first-order valence-electron chi connectivity index (χ1n) is 13.7. The van der Waals surface area contributed by atoms with Crippen molar-refractivity contribution in [3.8, 4) is 0 Å². The first kappa shape index (κ1) is 26.0. The molecule has 0 aliphatic carbocycles. The molecule has 0 saturated carbocycles. The zero-order valence-electron chi connectivity index (χ0n) is 21.9. The highest BCUT2D eigenvalue weighted by molar-refractivity contribution is 5.89. The minimum Gasteiger partial charge on any atom is -0.445 e. The lowest BCUT2D eigenvalue weighted by Gasteiger charge is -2.46. The molecule has 3 aromatic rings. The van der Waals surface area contributed by atoms with E-state index in [0.717, 1.165) is 42.6 Å². The molecule has 2 amide bonds. The van der Waals surface area contributed by atoms with E-state index < -0.39 is 5.41 Å². The van der Waals surface area contributed by atoms with Crippen molar-refractivity contribution in [3.63, 3.8) is 0 Å². The van der Waals surface area contributed by atoms with Gasteiger partial charge in [-0.3, -0.25) is 4.79 Å². The fourth-order valence-electron chi connectivity index (χ4n) is 5.80. The molecule has 0 unspecified atom stereocenters. The molecule has 0 bridgehead atoms. The second-order valence-electron chi connectivity index (χ2n) is 10.4. The Morgan fingerprint density at radius 3 is 1.97 bits per heavy atom. The maximum Gasteiger partial charge on any atom is 0.410 e. The summed E-state index contributed by atoms with van der Waals surface area (Å²) in [6.45, 7) is 3.66. The maximum absolute atomic E-state index is 14.7. The van der Waals surface area contributed by atoms with Gasteiger partial charge in [-0.15, -0.1) is 0 Å². The molecular weight excluding hydrogens is 474 g/mol. The molecule has 3 aromatic carbocycles. The summed E-state index contributed by atoms with van der Waals surface area (Å²) in [6, 6.07) is 30.4. The number of nitrogens with zero attached hydrogens (tertiary/aromatic N) is 2. The van der Waals surface area contributed by atoms with Gasteiger partial charge in [0.2, 0.25) is 5.91 Å². The van der Waals surface area contributed by atoms with Crippen LogP contribution in [0.15, 0.2) is 91.0 Å². The van der Waals surface area contributed by atoms with Gasteiger partial charge in [0.1, 0.15) is 6.61 Å². The first-order chi connectivity index (χ1) is 18.7. The molecule has 6 nitrogen and oxygen atoms in total. The van der Waals surface area contributed by atoms with E-state index in [4.69, 9.17) is 4.74 Å². The number of ether oxygens (including phenoxy) is 1. The van der Waals surface area contributed by atoms with E-state index in [0.29, 0.717) is 32.5 Å².